The maximum absolute atomic E-state index is 13.1. The number of benzene rings is 2. The van der Waals surface area contributed by atoms with E-state index < -0.39 is 0 Å². The fourth-order valence-corrected chi connectivity index (χ4v) is 4.16. The number of thioether (sulfide) groups is 1. The summed E-state index contributed by atoms with van der Waals surface area (Å²) in [6, 6.07) is 15.9. The zero-order valence-electron chi connectivity index (χ0n) is 15.4. The van der Waals surface area contributed by atoms with Crippen LogP contribution in [0.2, 0.25) is 0 Å². The van der Waals surface area contributed by atoms with Crippen molar-refractivity contribution in [1.29, 1.82) is 0 Å². The highest BCUT2D eigenvalue weighted by Crippen LogP contribution is 2.37. The number of hydrogen-bond acceptors (Lipinski definition) is 5. The zero-order valence-corrected chi connectivity index (χ0v) is 16.2. The molecule has 0 aliphatic carbocycles. The van der Waals surface area contributed by atoms with E-state index >= 15 is 0 Å². The van der Waals surface area contributed by atoms with E-state index in [0.717, 1.165) is 22.6 Å². The van der Waals surface area contributed by atoms with Crippen LogP contribution in [0.1, 0.15) is 28.6 Å². The second-order valence-electron chi connectivity index (χ2n) is 6.78. The van der Waals surface area contributed by atoms with E-state index in [0.29, 0.717) is 5.16 Å². The second kappa shape index (κ2) is 7.08. The number of nitrogens with one attached hydrogen (secondary N) is 2. The summed E-state index contributed by atoms with van der Waals surface area (Å²) >= 11 is 1.43. The van der Waals surface area contributed by atoms with Crippen LogP contribution < -0.4 is 10.7 Å². The minimum atomic E-state index is -0.370. The summed E-state index contributed by atoms with van der Waals surface area (Å²) in [7, 11) is 0. The molecule has 2 heterocycles. The Morgan fingerprint density at radius 1 is 1.00 bits per heavy atom. The maximum Gasteiger partial charge on any atom is 0.240 e. The molecule has 0 radical (unpaired) electrons. The van der Waals surface area contributed by atoms with E-state index in [1.807, 2.05) is 42.8 Å². The van der Waals surface area contributed by atoms with Crippen molar-refractivity contribution in [2.45, 2.75) is 37.2 Å². The van der Waals surface area contributed by atoms with Crippen LogP contribution in [0.25, 0.3) is 0 Å². The number of anilines is 1. The minimum absolute atomic E-state index is 0.0613. The van der Waals surface area contributed by atoms with Gasteiger partial charge in [0.2, 0.25) is 11.1 Å². The van der Waals surface area contributed by atoms with Crippen molar-refractivity contribution in [2.75, 3.05) is 10.7 Å². The molecule has 0 fully saturated rings. The van der Waals surface area contributed by atoms with E-state index in [9.17, 15) is 4.79 Å². The first-order valence-electron chi connectivity index (χ1n) is 8.80. The molecule has 0 saturated heterocycles. The summed E-state index contributed by atoms with van der Waals surface area (Å²) in [6.07, 6.45) is 0. The molecule has 1 aromatic heterocycles. The average molecular weight is 379 g/mol. The van der Waals surface area contributed by atoms with E-state index in [1.54, 1.807) is 0 Å². The van der Waals surface area contributed by atoms with Gasteiger partial charge in [0, 0.05) is 5.69 Å². The summed E-state index contributed by atoms with van der Waals surface area (Å²) in [5, 5.41) is 11.7. The fourth-order valence-electron chi connectivity index (χ4n) is 3.03. The van der Waals surface area contributed by atoms with Crippen molar-refractivity contribution in [3.63, 3.8) is 0 Å². The maximum atomic E-state index is 13.1. The highest BCUT2D eigenvalue weighted by Gasteiger charge is 2.37. The molecular formula is C20H21N5OS. The molecule has 4 rings (SSSR count). The molecule has 0 saturated carbocycles. The number of amides is 1. The third kappa shape index (κ3) is 3.55. The molecule has 0 bridgehead atoms. The molecular weight excluding hydrogens is 358 g/mol. The topological polar surface area (TPSA) is 71.8 Å². The van der Waals surface area contributed by atoms with Gasteiger partial charge in [0.05, 0.1) is 6.04 Å². The lowest BCUT2D eigenvalue weighted by atomic mass is 10.0. The van der Waals surface area contributed by atoms with Gasteiger partial charge in [-0.2, -0.15) is 0 Å². The third-order valence-corrected chi connectivity index (χ3v) is 5.83. The van der Waals surface area contributed by atoms with Crippen LogP contribution in [0, 0.1) is 20.8 Å². The van der Waals surface area contributed by atoms with Gasteiger partial charge in [-0.05, 0) is 38.5 Å². The Morgan fingerprint density at radius 3 is 2.30 bits per heavy atom. The normalized spacial score (nSPS) is 18.5. The van der Waals surface area contributed by atoms with E-state index in [4.69, 9.17) is 0 Å². The van der Waals surface area contributed by atoms with Gasteiger partial charge in [0.15, 0.2) is 0 Å². The summed E-state index contributed by atoms with van der Waals surface area (Å²) in [5.74, 6) is 0.709. The van der Waals surface area contributed by atoms with Gasteiger partial charge in [-0.3, -0.25) is 4.79 Å². The molecule has 6 nitrogen and oxygen atoms in total. The first kappa shape index (κ1) is 17.6. The second-order valence-corrected chi connectivity index (χ2v) is 7.89. The lowest BCUT2D eigenvalue weighted by Crippen LogP contribution is -2.41. The van der Waals surface area contributed by atoms with Gasteiger partial charge in [-0.25, -0.2) is 4.68 Å². The number of aromatic nitrogens is 3. The summed E-state index contributed by atoms with van der Waals surface area (Å²) < 4.78 is 1.85. The molecule has 138 valence electrons. The standard InChI is InChI=1S/C20H21N5OS/c1-12-4-8-15(9-5-12)17-18(27-20-23-22-14(3)25(20)24-17)19(26)21-16-10-6-13(2)7-11-16/h4-11,17-18,24H,1-3H3,(H,21,26)/t17-,18-/m1/s1. The SMILES string of the molecule is Cc1ccc(NC(=O)[C@@H]2Sc3nnc(C)n3N[C@@H]2c2ccc(C)cc2)cc1. The molecule has 1 aliphatic rings. The van der Waals surface area contributed by atoms with Crippen LogP contribution >= 0.6 is 11.8 Å². The average Bonchev–Trinajstić information content (AvgIpc) is 3.03. The quantitative estimate of drug-likeness (QED) is 0.727. The Hall–Kier alpha value is -2.80. The highest BCUT2D eigenvalue weighted by molar-refractivity contribution is 8.00. The zero-order chi connectivity index (χ0) is 19.0. The minimum Gasteiger partial charge on any atom is -0.325 e. The molecule has 1 aliphatic heterocycles. The monoisotopic (exact) mass is 379 g/mol. The molecule has 27 heavy (non-hydrogen) atoms. The van der Waals surface area contributed by atoms with Crippen LogP contribution in [0.4, 0.5) is 5.69 Å². The number of nitrogens with zero attached hydrogens (tertiary/aromatic N) is 3. The van der Waals surface area contributed by atoms with Crippen LogP contribution in [0.3, 0.4) is 0 Å². The Balaban J connectivity index is 1.65. The van der Waals surface area contributed by atoms with Crippen LogP contribution in [0.15, 0.2) is 53.7 Å². The van der Waals surface area contributed by atoms with Crippen molar-refractivity contribution in [2.24, 2.45) is 0 Å². The Morgan fingerprint density at radius 2 is 1.63 bits per heavy atom. The number of carbonyl (C=O) groups is 1. The third-order valence-electron chi connectivity index (χ3n) is 4.61. The fraction of sp³-hybridized carbons (Fsp3) is 0.250. The Kier molecular flexibility index (Phi) is 4.61. The number of aryl methyl sites for hydroxylation is 3. The predicted molar refractivity (Wildman–Crippen MR) is 107 cm³/mol. The number of fused-ring (bicyclic) bond motifs is 1. The number of rotatable bonds is 3. The molecule has 3 aromatic rings. The lowest BCUT2D eigenvalue weighted by Gasteiger charge is -2.32. The summed E-state index contributed by atoms with van der Waals surface area (Å²) in [5.41, 5.74) is 7.60. The first-order valence-corrected chi connectivity index (χ1v) is 9.68. The lowest BCUT2D eigenvalue weighted by molar-refractivity contribution is -0.116. The van der Waals surface area contributed by atoms with Crippen molar-refractivity contribution in [3.05, 3.63) is 71.0 Å². The van der Waals surface area contributed by atoms with Gasteiger partial charge in [0.1, 0.15) is 11.1 Å². The van der Waals surface area contributed by atoms with E-state index in [1.165, 1.54) is 17.3 Å². The van der Waals surface area contributed by atoms with E-state index in [-0.39, 0.29) is 17.2 Å². The highest BCUT2D eigenvalue weighted by atomic mass is 32.2. The van der Waals surface area contributed by atoms with Crippen molar-refractivity contribution >= 4 is 23.4 Å². The molecule has 2 N–H and O–H groups in total. The van der Waals surface area contributed by atoms with Gasteiger partial charge >= 0.3 is 0 Å². The van der Waals surface area contributed by atoms with Gasteiger partial charge in [-0.15, -0.1) is 10.2 Å². The van der Waals surface area contributed by atoms with Crippen molar-refractivity contribution in [3.8, 4) is 0 Å². The van der Waals surface area contributed by atoms with Crippen molar-refractivity contribution < 1.29 is 4.79 Å². The van der Waals surface area contributed by atoms with Crippen molar-refractivity contribution in [1.82, 2.24) is 14.9 Å². The molecule has 2 atom stereocenters. The van der Waals surface area contributed by atoms with Crippen LogP contribution in [-0.2, 0) is 4.79 Å². The Labute approximate surface area is 162 Å². The molecule has 0 unspecified atom stereocenters. The van der Waals surface area contributed by atoms with Gasteiger partial charge < -0.3 is 10.7 Å². The number of carbonyl (C=O) groups excluding carboxylic acids is 1. The Bertz CT molecular complexity index is 965. The van der Waals surface area contributed by atoms with E-state index in [2.05, 4.69) is 52.1 Å². The molecule has 2 aromatic carbocycles. The molecule has 0 spiro atoms. The van der Waals surface area contributed by atoms with Crippen LogP contribution in [-0.4, -0.2) is 26.0 Å². The van der Waals surface area contributed by atoms with Gasteiger partial charge in [0.25, 0.3) is 0 Å². The number of hydrogen-bond donors (Lipinski definition) is 2. The summed E-state index contributed by atoms with van der Waals surface area (Å²) in [4.78, 5) is 13.1. The van der Waals surface area contributed by atoms with Gasteiger partial charge in [-0.1, -0.05) is 59.3 Å². The van der Waals surface area contributed by atoms with Crippen LogP contribution in [0.5, 0.6) is 0 Å². The molecule has 7 heteroatoms. The first-order chi connectivity index (χ1) is 13.0. The largest absolute Gasteiger partial charge is 0.325 e. The molecule has 1 amide bonds. The predicted octanol–water partition coefficient (Wildman–Crippen LogP) is 3.60. The smallest absolute Gasteiger partial charge is 0.240 e. The summed E-state index contributed by atoms with van der Waals surface area (Å²) in [6.45, 7) is 5.97.